The maximum Gasteiger partial charge on any atom is 0.387 e. The molecule has 0 aromatic heterocycles. The highest BCUT2D eigenvalue weighted by atomic mass is 32.2. The van der Waals surface area contributed by atoms with E-state index < -0.39 is 6.61 Å². The van der Waals surface area contributed by atoms with Crippen molar-refractivity contribution in [3.63, 3.8) is 0 Å². The molecule has 1 amide bonds. The Hall–Kier alpha value is -2.15. The molecule has 140 valence electrons. The lowest BCUT2D eigenvalue weighted by Gasteiger charge is -2.07. The van der Waals surface area contributed by atoms with Crippen LogP contribution >= 0.6 is 11.8 Å². The number of halogens is 3. The van der Waals surface area contributed by atoms with Gasteiger partial charge in [-0.05, 0) is 35.7 Å². The third-order valence-electron chi connectivity index (χ3n) is 3.57. The van der Waals surface area contributed by atoms with Crippen LogP contribution < -0.4 is 10.1 Å². The van der Waals surface area contributed by atoms with Gasteiger partial charge >= 0.3 is 6.61 Å². The first-order chi connectivity index (χ1) is 12.5. The Kier molecular flexibility index (Phi) is 8.34. The van der Waals surface area contributed by atoms with E-state index in [1.54, 1.807) is 42.1 Å². The van der Waals surface area contributed by atoms with Crippen LogP contribution in [0.15, 0.2) is 48.5 Å². The van der Waals surface area contributed by atoms with E-state index in [0.29, 0.717) is 36.5 Å². The first-order valence-corrected chi connectivity index (χ1v) is 9.31. The Morgan fingerprint density at radius 2 is 1.85 bits per heavy atom. The largest absolute Gasteiger partial charge is 0.435 e. The van der Waals surface area contributed by atoms with Crippen LogP contribution in [-0.2, 0) is 17.0 Å². The van der Waals surface area contributed by atoms with E-state index >= 15 is 0 Å². The van der Waals surface area contributed by atoms with Crippen molar-refractivity contribution in [3.8, 4) is 5.75 Å². The van der Waals surface area contributed by atoms with Crippen molar-refractivity contribution in [2.75, 3.05) is 12.3 Å². The third kappa shape index (κ3) is 7.39. The zero-order valence-corrected chi connectivity index (χ0v) is 14.9. The van der Waals surface area contributed by atoms with Crippen LogP contribution in [0.1, 0.15) is 17.5 Å². The van der Waals surface area contributed by atoms with E-state index in [4.69, 9.17) is 0 Å². The molecule has 7 heteroatoms. The normalized spacial score (nSPS) is 10.8. The van der Waals surface area contributed by atoms with E-state index in [9.17, 15) is 18.0 Å². The van der Waals surface area contributed by atoms with Gasteiger partial charge in [0.15, 0.2) is 0 Å². The number of alkyl halides is 2. The summed E-state index contributed by atoms with van der Waals surface area (Å²) >= 11 is 1.55. The molecule has 0 radical (unpaired) electrons. The summed E-state index contributed by atoms with van der Waals surface area (Å²) < 4.78 is 41.9. The lowest BCUT2D eigenvalue weighted by Crippen LogP contribution is -2.25. The Bertz CT molecular complexity index is 695. The summed E-state index contributed by atoms with van der Waals surface area (Å²) in [5.74, 6) is 1.06. The topological polar surface area (TPSA) is 38.3 Å². The lowest BCUT2D eigenvalue weighted by molar-refractivity contribution is -0.120. The van der Waals surface area contributed by atoms with E-state index in [0.717, 1.165) is 5.56 Å². The van der Waals surface area contributed by atoms with Crippen molar-refractivity contribution in [1.82, 2.24) is 5.32 Å². The van der Waals surface area contributed by atoms with Crippen LogP contribution in [0.25, 0.3) is 0 Å². The molecule has 0 saturated carbocycles. The van der Waals surface area contributed by atoms with Gasteiger partial charge in [0.25, 0.3) is 0 Å². The summed E-state index contributed by atoms with van der Waals surface area (Å²) in [6, 6.07) is 12.9. The Morgan fingerprint density at radius 3 is 2.54 bits per heavy atom. The molecule has 0 aliphatic carbocycles. The number of carbonyl (C=O) groups excluding carboxylic acids is 1. The second-order valence-corrected chi connectivity index (χ2v) is 6.62. The molecule has 0 saturated heterocycles. The zero-order chi connectivity index (χ0) is 18.8. The van der Waals surface area contributed by atoms with Gasteiger partial charge in [0.05, 0.1) is 0 Å². The number of aryl methyl sites for hydroxylation is 1. The van der Waals surface area contributed by atoms with Crippen molar-refractivity contribution in [2.45, 2.75) is 25.2 Å². The van der Waals surface area contributed by atoms with Crippen molar-refractivity contribution in [3.05, 3.63) is 65.5 Å². The highest BCUT2D eigenvalue weighted by molar-refractivity contribution is 7.98. The van der Waals surface area contributed by atoms with Crippen LogP contribution in [0.2, 0.25) is 0 Å². The number of rotatable bonds is 10. The molecule has 0 atom stereocenters. The summed E-state index contributed by atoms with van der Waals surface area (Å²) in [6.07, 6.45) is 0.830. The smallest absolute Gasteiger partial charge is 0.387 e. The SMILES string of the molecule is O=C(CCc1ccc(OC(F)F)cc1)NCCSCc1ccccc1F. The van der Waals surface area contributed by atoms with Gasteiger partial charge in [0, 0.05) is 24.5 Å². The first-order valence-electron chi connectivity index (χ1n) is 8.16. The predicted octanol–water partition coefficient (Wildman–Crippen LogP) is 4.41. The highest BCUT2D eigenvalue weighted by Crippen LogP contribution is 2.16. The molecule has 0 bridgehead atoms. The molecule has 0 spiro atoms. The number of nitrogens with one attached hydrogen (secondary N) is 1. The number of benzene rings is 2. The highest BCUT2D eigenvalue weighted by Gasteiger charge is 2.06. The fourth-order valence-corrected chi connectivity index (χ4v) is 3.09. The van der Waals surface area contributed by atoms with Crippen molar-refractivity contribution in [1.29, 1.82) is 0 Å². The standard InChI is InChI=1S/C19H20F3NO2S/c20-17-4-2-1-3-15(17)13-26-12-11-23-18(24)10-7-14-5-8-16(9-6-14)25-19(21)22/h1-6,8-9,19H,7,10-13H2,(H,23,24). The summed E-state index contributed by atoms with van der Waals surface area (Å²) in [7, 11) is 0. The first kappa shape index (κ1) is 20.2. The molecule has 2 rings (SSSR count). The van der Waals surface area contributed by atoms with E-state index in [-0.39, 0.29) is 17.5 Å². The zero-order valence-electron chi connectivity index (χ0n) is 14.1. The second-order valence-electron chi connectivity index (χ2n) is 5.52. The molecular weight excluding hydrogens is 363 g/mol. The molecule has 2 aromatic carbocycles. The van der Waals surface area contributed by atoms with Gasteiger partial charge in [-0.15, -0.1) is 0 Å². The molecule has 0 aliphatic rings. The van der Waals surface area contributed by atoms with E-state index in [1.165, 1.54) is 18.2 Å². The van der Waals surface area contributed by atoms with Crippen LogP contribution in [0.3, 0.4) is 0 Å². The molecule has 0 aliphatic heterocycles. The van der Waals surface area contributed by atoms with E-state index in [2.05, 4.69) is 10.1 Å². The fraction of sp³-hybridized carbons (Fsp3) is 0.316. The predicted molar refractivity (Wildman–Crippen MR) is 97.0 cm³/mol. The number of carbonyl (C=O) groups is 1. The number of thioether (sulfide) groups is 1. The number of hydrogen-bond acceptors (Lipinski definition) is 3. The lowest BCUT2D eigenvalue weighted by atomic mass is 10.1. The number of ether oxygens (including phenoxy) is 1. The van der Waals surface area contributed by atoms with Gasteiger partial charge in [-0.2, -0.15) is 20.5 Å². The minimum Gasteiger partial charge on any atom is -0.435 e. The quantitative estimate of drug-likeness (QED) is 0.618. The maximum atomic E-state index is 13.4. The summed E-state index contributed by atoms with van der Waals surface area (Å²) in [6.45, 7) is -2.33. The average molecular weight is 383 g/mol. The van der Waals surface area contributed by atoms with Gasteiger partial charge in [-0.25, -0.2) is 4.39 Å². The number of hydrogen-bond donors (Lipinski definition) is 1. The van der Waals surface area contributed by atoms with Gasteiger partial charge < -0.3 is 10.1 Å². The molecule has 0 unspecified atom stereocenters. The molecule has 0 heterocycles. The summed E-state index contributed by atoms with van der Waals surface area (Å²) in [4.78, 5) is 11.8. The molecule has 2 aromatic rings. The van der Waals surface area contributed by atoms with Gasteiger partial charge in [0.1, 0.15) is 11.6 Å². The molecule has 0 fully saturated rings. The van der Waals surface area contributed by atoms with Gasteiger partial charge in [-0.1, -0.05) is 30.3 Å². The van der Waals surface area contributed by atoms with Crippen LogP contribution in [0.5, 0.6) is 5.75 Å². The van der Waals surface area contributed by atoms with Crippen molar-refractivity contribution in [2.24, 2.45) is 0 Å². The summed E-state index contributed by atoms with van der Waals surface area (Å²) in [5.41, 5.74) is 1.53. The molecule has 3 nitrogen and oxygen atoms in total. The molecule has 1 N–H and O–H groups in total. The Labute approximate surface area is 154 Å². The Balaban J connectivity index is 1.59. The van der Waals surface area contributed by atoms with E-state index in [1.807, 2.05) is 0 Å². The van der Waals surface area contributed by atoms with Crippen molar-refractivity contribution >= 4 is 17.7 Å². The monoisotopic (exact) mass is 383 g/mol. The minimum absolute atomic E-state index is 0.0793. The Morgan fingerprint density at radius 1 is 1.12 bits per heavy atom. The van der Waals surface area contributed by atoms with Crippen molar-refractivity contribution < 1.29 is 22.7 Å². The molecular formula is C19H20F3NO2S. The van der Waals surface area contributed by atoms with Gasteiger partial charge in [0.2, 0.25) is 5.91 Å². The number of amides is 1. The van der Waals surface area contributed by atoms with Crippen LogP contribution in [0, 0.1) is 5.82 Å². The fourth-order valence-electron chi connectivity index (χ4n) is 2.24. The maximum absolute atomic E-state index is 13.4. The average Bonchev–Trinajstić information content (AvgIpc) is 2.62. The van der Waals surface area contributed by atoms with Gasteiger partial charge in [-0.3, -0.25) is 4.79 Å². The summed E-state index contributed by atoms with van der Waals surface area (Å²) in [5, 5.41) is 2.81. The molecule has 26 heavy (non-hydrogen) atoms. The minimum atomic E-state index is -2.84. The van der Waals surface area contributed by atoms with Crippen LogP contribution in [-0.4, -0.2) is 24.8 Å². The van der Waals surface area contributed by atoms with Crippen LogP contribution in [0.4, 0.5) is 13.2 Å². The third-order valence-corrected chi connectivity index (χ3v) is 4.58. The second kappa shape index (κ2) is 10.8.